The standard InChI is InChI=1S/C29H28FN9O2/c1-34-15-31-11-26(34)28-33-22-8-20(16-10-32-35(2)12-16)21(30)9-23(22)39(28)17-6-24-27(37(4)29(40)36(24)3)25(7-17)38-13-19-5-18(38)14-41-19/h6-12,15,18-19H,5,13-14H2,1-4H3/t18-,19-/m0/s1. The van der Waals surface area contributed by atoms with Crippen LogP contribution in [0.5, 0.6) is 0 Å². The van der Waals surface area contributed by atoms with Gasteiger partial charge in [-0.3, -0.25) is 18.4 Å². The molecule has 2 aliphatic heterocycles. The van der Waals surface area contributed by atoms with Crippen LogP contribution in [0.3, 0.4) is 0 Å². The van der Waals surface area contributed by atoms with E-state index < -0.39 is 0 Å². The van der Waals surface area contributed by atoms with Gasteiger partial charge in [0.15, 0.2) is 5.82 Å². The Hall–Kier alpha value is -4.71. The predicted molar refractivity (Wildman–Crippen MR) is 153 cm³/mol. The third-order valence-electron chi connectivity index (χ3n) is 8.60. The van der Waals surface area contributed by atoms with Crippen LogP contribution in [-0.4, -0.2) is 63.3 Å². The fourth-order valence-electron chi connectivity index (χ4n) is 6.54. The van der Waals surface area contributed by atoms with Gasteiger partial charge < -0.3 is 14.2 Å². The smallest absolute Gasteiger partial charge is 0.328 e. The quantitative estimate of drug-likeness (QED) is 0.333. The van der Waals surface area contributed by atoms with Crippen LogP contribution in [0.15, 0.2) is 54.0 Å². The molecule has 2 bridgehead atoms. The number of hydrogen-bond donors (Lipinski definition) is 0. The molecule has 8 rings (SSSR count). The van der Waals surface area contributed by atoms with Gasteiger partial charge in [0.25, 0.3) is 0 Å². The van der Waals surface area contributed by atoms with Crippen molar-refractivity contribution in [2.75, 3.05) is 18.1 Å². The molecule has 208 valence electrons. The van der Waals surface area contributed by atoms with Crippen molar-refractivity contribution in [2.24, 2.45) is 28.2 Å². The number of nitrogens with zero attached hydrogens (tertiary/aromatic N) is 9. The Bertz CT molecular complexity index is 2080. The molecule has 0 unspecified atom stereocenters. The highest BCUT2D eigenvalue weighted by Gasteiger charge is 2.40. The maximum Gasteiger partial charge on any atom is 0.328 e. The molecule has 2 fully saturated rings. The number of anilines is 1. The van der Waals surface area contributed by atoms with Crippen molar-refractivity contribution in [2.45, 2.75) is 18.6 Å². The molecular formula is C29H28FN9O2. The van der Waals surface area contributed by atoms with Gasteiger partial charge in [0.1, 0.15) is 11.5 Å². The Kier molecular flexibility index (Phi) is 4.94. The summed E-state index contributed by atoms with van der Waals surface area (Å²) in [5.74, 6) is 0.255. The highest BCUT2D eigenvalue weighted by Crippen LogP contribution is 2.40. The van der Waals surface area contributed by atoms with Gasteiger partial charge in [-0.1, -0.05) is 0 Å². The summed E-state index contributed by atoms with van der Waals surface area (Å²) >= 11 is 0. The van der Waals surface area contributed by atoms with Crippen LogP contribution in [0, 0.1) is 5.82 Å². The zero-order chi connectivity index (χ0) is 28.2. The number of benzene rings is 2. The predicted octanol–water partition coefficient (Wildman–Crippen LogP) is 3.13. The van der Waals surface area contributed by atoms with Gasteiger partial charge in [0, 0.05) is 58.1 Å². The van der Waals surface area contributed by atoms with E-state index in [1.54, 1.807) is 58.9 Å². The first kappa shape index (κ1) is 24.1. The largest absolute Gasteiger partial charge is 0.374 e. The third kappa shape index (κ3) is 3.40. The summed E-state index contributed by atoms with van der Waals surface area (Å²) in [6.07, 6.45) is 8.04. The van der Waals surface area contributed by atoms with Crippen molar-refractivity contribution in [3.05, 3.63) is 65.5 Å². The van der Waals surface area contributed by atoms with Crippen molar-refractivity contribution in [3.63, 3.8) is 0 Å². The van der Waals surface area contributed by atoms with Gasteiger partial charge >= 0.3 is 5.69 Å². The molecule has 12 heteroatoms. The van der Waals surface area contributed by atoms with E-state index in [2.05, 4.69) is 21.0 Å². The van der Waals surface area contributed by atoms with Crippen molar-refractivity contribution in [3.8, 4) is 28.3 Å². The van der Waals surface area contributed by atoms with Crippen LogP contribution >= 0.6 is 0 Å². The van der Waals surface area contributed by atoms with Crippen molar-refractivity contribution < 1.29 is 9.13 Å². The van der Waals surface area contributed by atoms with Gasteiger partial charge in [0.2, 0.25) is 0 Å². The van der Waals surface area contributed by atoms with Crippen LogP contribution in [0.2, 0.25) is 0 Å². The number of imidazole rings is 3. The maximum absolute atomic E-state index is 15.8. The SMILES string of the molecule is Cn1cc(-c2cc3nc(-c4cncn4C)n(-c4cc(N5C[C@@H]6C[C@H]5CO6)c5c(c4)n(C)c(=O)n5C)c3cc2F)cn1. The van der Waals surface area contributed by atoms with Gasteiger partial charge in [0.05, 0.1) is 70.9 Å². The topological polar surface area (TPSA) is 92.9 Å². The second kappa shape index (κ2) is 8.40. The van der Waals surface area contributed by atoms with Crippen LogP contribution < -0.4 is 10.6 Å². The number of ether oxygens (including phenoxy) is 1. The molecule has 6 heterocycles. The second-order valence-corrected chi connectivity index (χ2v) is 11.1. The summed E-state index contributed by atoms with van der Waals surface area (Å²) in [4.78, 5) is 24.8. The van der Waals surface area contributed by atoms with E-state index in [0.717, 1.165) is 41.1 Å². The first-order valence-electron chi connectivity index (χ1n) is 13.5. The van der Waals surface area contributed by atoms with Crippen LogP contribution in [0.1, 0.15) is 6.42 Å². The molecule has 6 aromatic rings. The minimum absolute atomic E-state index is 0.103. The Balaban J connectivity index is 1.43. The Morgan fingerprint density at radius 1 is 1.02 bits per heavy atom. The zero-order valence-electron chi connectivity index (χ0n) is 23.1. The van der Waals surface area contributed by atoms with E-state index in [4.69, 9.17) is 9.72 Å². The molecule has 0 N–H and O–H groups in total. The van der Waals surface area contributed by atoms with Crippen molar-refractivity contribution >= 4 is 27.8 Å². The third-order valence-corrected chi connectivity index (χ3v) is 8.60. The molecule has 2 aliphatic rings. The summed E-state index contributed by atoms with van der Waals surface area (Å²) in [7, 11) is 7.30. The van der Waals surface area contributed by atoms with E-state index >= 15 is 4.39 Å². The lowest BCUT2D eigenvalue weighted by Gasteiger charge is -2.30. The summed E-state index contributed by atoms with van der Waals surface area (Å²) in [5, 5.41) is 4.22. The van der Waals surface area contributed by atoms with Crippen LogP contribution in [0.25, 0.3) is 50.4 Å². The van der Waals surface area contributed by atoms with E-state index in [-0.39, 0.29) is 23.7 Å². The lowest BCUT2D eigenvalue weighted by Crippen LogP contribution is -2.37. The van der Waals surface area contributed by atoms with E-state index in [0.29, 0.717) is 34.6 Å². The maximum atomic E-state index is 15.8. The van der Waals surface area contributed by atoms with Crippen LogP contribution in [-0.2, 0) is 32.9 Å². The second-order valence-electron chi connectivity index (χ2n) is 11.1. The monoisotopic (exact) mass is 553 g/mol. The summed E-state index contributed by atoms with van der Waals surface area (Å²) in [6.45, 7) is 1.42. The molecule has 4 aromatic heterocycles. The average Bonchev–Trinajstić information content (AvgIpc) is 3.81. The number of halogens is 1. The molecule has 0 spiro atoms. The number of rotatable bonds is 4. The summed E-state index contributed by atoms with van der Waals surface area (Å²) < 4.78 is 30.5. The average molecular weight is 554 g/mol. The number of aromatic nitrogens is 8. The molecule has 11 nitrogen and oxygen atoms in total. The minimum Gasteiger partial charge on any atom is -0.374 e. The minimum atomic E-state index is -0.370. The zero-order valence-corrected chi connectivity index (χ0v) is 23.1. The number of hydrogen-bond acceptors (Lipinski definition) is 6. The molecule has 0 saturated carbocycles. The fourth-order valence-corrected chi connectivity index (χ4v) is 6.54. The molecule has 2 aromatic carbocycles. The lowest BCUT2D eigenvalue weighted by molar-refractivity contribution is 0.0992. The highest BCUT2D eigenvalue weighted by atomic mass is 19.1. The normalized spacial score (nSPS) is 18.5. The molecule has 2 atom stereocenters. The van der Waals surface area contributed by atoms with E-state index in [1.165, 1.54) is 6.07 Å². The molecule has 0 radical (unpaired) electrons. The first-order chi connectivity index (χ1) is 19.8. The molecule has 2 saturated heterocycles. The molecule has 0 aliphatic carbocycles. The Morgan fingerprint density at radius 3 is 2.56 bits per heavy atom. The summed E-state index contributed by atoms with van der Waals surface area (Å²) in [6, 6.07) is 7.62. The molecular weight excluding hydrogens is 525 g/mol. The Labute approximate surface area is 233 Å². The van der Waals surface area contributed by atoms with Gasteiger partial charge in [-0.2, -0.15) is 5.10 Å². The van der Waals surface area contributed by atoms with E-state index in [1.807, 2.05) is 29.3 Å². The van der Waals surface area contributed by atoms with Gasteiger partial charge in [-0.15, -0.1) is 0 Å². The van der Waals surface area contributed by atoms with Crippen molar-refractivity contribution in [1.82, 2.24) is 38.0 Å². The lowest BCUT2D eigenvalue weighted by atomic mass is 10.1. The number of aryl methyl sites for hydroxylation is 4. The van der Waals surface area contributed by atoms with Gasteiger partial charge in [-0.25, -0.2) is 19.2 Å². The Morgan fingerprint density at radius 2 is 1.88 bits per heavy atom. The van der Waals surface area contributed by atoms with Crippen LogP contribution in [0.4, 0.5) is 10.1 Å². The number of morpholine rings is 1. The highest BCUT2D eigenvalue weighted by molar-refractivity contribution is 5.94. The molecule has 0 amide bonds. The fraction of sp³-hybridized carbons (Fsp3) is 0.310. The van der Waals surface area contributed by atoms with E-state index in [9.17, 15) is 4.79 Å². The first-order valence-corrected chi connectivity index (χ1v) is 13.5. The van der Waals surface area contributed by atoms with Gasteiger partial charge in [-0.05, 0) is 24.6 Å². The summed E-state index contributed by atoms with van der Waals surface area (Å²) in [5.41, 5.74) is 6.44. The number of fused-ring (bicyclic) bond motifs is 4. The molecule has 41 heavy (non-hydrogen) atoms. The van der Waals surface area contributed by atoms with Crippen molar-refractivity contribution in [1.29, 1.82) is 0 Å².